The average Bonchev–Trinajstić information content (AvgIpc) is 2.65. The molecule has 0 aliphatic heterocycles. The fourth-order valence-electron chi connectivity index (χ4n) is 1.24. The number of carboxylic acids is 1. The molecule has 2 rings (SSSR count). The number of hydrogen-bond acceptors (Lipinski definition) is 4. The molecule has 82 valence electrons. The van der Waals surface area contributed by atoms with E-state index in [1.54, 1.807) is 19.1 Å². The highest BCUT2D eigenvalue weighted by Gasteiger charge is 2.12. The van der Waals surface area contributed by atoms with Gasteiger partial charge in [0.15, 0.2) is 0 Å². The molecule has 1 N–H and O–H groups in total. The van der Waals surface area contributed by atoms with Crippen molar-refractivity contribution in [2.45, 2.75) is 6.92 Å². The Kier molecular flexibility index (Phi) is 2.89. The lowest BCUT2D eigenvalue weighted by molar-refractivity contribution is 0.0695. The Morgan fingerprint density at radius 1 is 1.44 bits per heavy atom. The molecule has 0 saturated heterocycles. The summed E-state index contributed by atoms with van der Waals surface area (Å²) < 4.78 is 0.634. The molecule has 2 aromatic heterocycles. The van der Waals surface area contributed by atoms with Gasteiger partial charge in [-0.25, -0.2) is 4.79 Å². The van der Waals surface area contributed by atoms with Crippen LogP contribution in [0.3, 0.4) is 0 Å². The maximum absolute atomic E-state index is 10.9. The molecule has 0 amide bonds. The quantitative estimate of drug-likeness (QED) is 0.895. The van der Waals surface area contributed by atoms with Crippen LogP contribution in [0.15, 0.2) is 18.2 Å². The van der Waals surface area contributed by atoms with Gasteiger partial charge < -0.3 is 5.11 Å². The predicted octanol–water partition coefficient (Wildman–Crippen LogP) is 2.87. The minimum absolute atomic E-state index is 0.162. The largest absolute Gasteiger partial charge is 0.478 e. The second-order valence-electron chi connectivity index (χ2n) is 3.14. The number of carbonyl (C=O) groups is 1. The van der Waals surface area contributed by atoms with Gasteiger partial charge in [0.1, 0.15) is 5.69 Å². The Balaban J connectivity index is 2.51. The number of thiophene rings is 1. The van der Waals surface area contributed by atoms with Crippen LogP contribution >= 0.6 is 22.9 Å². The van der Waals surface area contributed by atoms with Gasteiger partial charge in [-0.3, -0.25) is 0 Å². The smallest absolute Gasteiger partial charge is 0.337 e. The zero-order valence-electron chi connectivity index (χ0n) is 8.27. The molecule has 0 fully saturated rings. The molecule has 16 heavy (non-hydrogen) atoms. The normalized spacial score (nSPS) is 10.4. The third kappa shape index (κ3) is 2.05. The lowest BCUT2D eigenvalue weighted by atomic mass is 10.2. The monoisotopic (exact) mass is 254 g/mol. The fraction of sp³-hybridized carbons (Fsp3) is 0.100. The molecule has 0 saturated carbocycles. The van der Waals surface area contributed by atoms with Gasteiger partial charge in [-0.1, -0.05) is 11.6 Å². The number of aryl methyl sites for hydroxylation is 1. The number of halogens is 1. The molecule has 2 aromatic rings. The van der Waals surface area contributed by atoms with Crippen LogP contribution in [0.25, 0.3) is 10.6 Å². The fourth-order valence-corrected chi connectivity index (χ4v) is 2.24. The molecule has 0 atom stereocenters. The minimum atomic E-state index is -1.00. The maximum atomic E-state index is 10.9. The molecule has 2 heterocycles. The van der Waals surface area contributed by atoms with E-state index in [4.69, 9.17) is 16.7 Å². The first-order valence-corrected chi connectivity index (χ1v) is 5.60. The summed E-state index contributed by atoms with van der Waals surface area (Å²) in [7, 11) is 0. The van der Waals surface area contributed by atoms with Crippen LogP contribution in [-0.4, -0.2) is 21.3 Å². The summed E-state index contributed by atoms with van der Waals surface area (Å²) in [5.41, 5.74) is 1.09. The first-order valence-electron chi connectivity index (χ1n) is 4.41. The molecule has 0 radical (unpaired) electrons. The van der Waals surface area contributed by atoms with E-state index in [0.717, 1.165) is 4.88 Å². The summed E-state index contributed by atoms with van der Waals surface area (Å²) >= 11 is 7.14. The van der Waals surface area contributed by atoms with E-state index in [9.17, 15) is 4.79 Å². The van der Waals surface area contributed by atoms with E-state index in [-0.39, 0.29) is 5.56 Å². The maximum Gasteiger partial charge on any atom is 0.337 e. The van der Waals surface area contributed by atoms with E-state index in [1.165, 1.54) is 17.4 Å². The molecular weight excluding hydrogens is 248 g/mol. The number of rotatable bonds is 2. The van der Waals surface area contributed by atoms with Crippen LogP contribution in [0, 0.1) is 6.92 Å². The summed E-state index contributed by atoms with van der Waals surface area (Å²) in [6.45, 7) is 1.61. The van der Waals surface area contributed by atoms with Crippen LogP contribution in [0.5, 0.6) is 0 Å². The van der Waals surface area contributed by atoms with Gasteiger partial charge in [0.25, 0.3) is 0 Å². The lowest BCUT2D eigenvalue weighted by Gasteiger charge is -2.00. The molecule has 6 heteroatoms. The lowest BCUT2D eigenvalue weighted by Crippen LogP contribution is -2.03. The van der Waals surface area contributed by atoms with Crippen molar-refractivity contribution < 1.29 is 9.90 Å². The van der Waals surface area contributed by atoms with Gasteiger partial charge in [-0.2, -0.15) is 5.10 Å². The number of nitrogens with zero attached hydrogens (tertiary/aromatic N) is 2. The average molecular weight is 255 g/mol. The Morgan fingerprint density at radius 3 is 2.75 bits per heavy atom. The second-order valence-corrected chi connectivity index (χ2v) is 4.85. The minimum Gasteiger partial charge on any atom is -0.478 e. The van der Waals surface area contributed by atoms with Crippen LogP contribution < -0.4 is 0 Å². The van der Waals surface area contributed by atoms with Crippen molar-refractivity contribution in [3.05, 3.63) is 33.8 Å². The van der Waals surface area contributed by atoms with Crippen molar-refractivity contribution in [2.24, 2.45) is 0 Å². The highest BCUT2D eigenvalue weighted by Crippen LogP contribution is 2.29. The molecule has 0 unspecified atom stereocenters. The predicted molar refractivity (Wildman–Crippen MR) is 62.1 cm³/mol. The highest BCUT2D eigenvalue weighted by atomic mass is 35.5. The van der Waals surface area contributed by atoms with E-state index in [2.05, 4.69) is 10.2 Å². The molecule has 0 aliphatic rings. The number of aromatic nitrogens is 2. The van der Waals surface area contributed by atoms with E-state index in [1.807, 2.05) is 0 Å². The zero-order chi connectivity index (χ0) is 11.7. The van der Waals surface area contributed by atoms with Gasteiger partial charge in [0.05, 0.1) is 20.5 Å². The second kappa shape index (κ2) is 4.19. The topological polar surface area (TPSA) is 63.1 Å². The summed E-state index contributed by atoms with van der Waals surface area (Å²) in [5.74, 6) is -1.00. The standard InChI is InChI=1S/C10H7ClN2O2S/c1-5-6(10(14)15)4-7(13-12-5)8-2-3-9(11)16-8/h2-4H,1H3,(H,14,15). The summed E-state index contributed by atoms with van der Waals surface area (Å²) in [4.78, 5) is 11.7. The van der Waals surface area contributed by atoms with Gasteiger partial charge in [-0.15, -0.1) is 16.4 Å². The summed E-state index contributed by atoms with van der Waals surface area (Å²) in [5, 5.41) is 16.7. The highest BCUT2D eigenvalue weighted by molar-refractivity contribution is 7.19. The van der Waals surface area contributed by atoms with Crippen molar-refractivity contribution in [2.75, 3.05) is 0 Å². The third-order valence-electron chi connectivity index (χ3n) is 2.03. The van der Waals surface area contributed by atoms with Crippen molar-refractivity contribution in [3.63, 3.8) is 0 Å². The van der Waals surface area contributed by atoms with Crippen LogP contribution in [0.4, 0.5) is 0 Å². The van der Waals surface area contributed by atoms with Gasteiger partial charge >= 0.3 is 5.97 Å². The Bertz CT molecular complexity index is 554. The van der Waals surface area contributed by atoms with E-state index in [0.29, 0.717) is 15.7 Å². The van der Waals surface area contributed by atoms with Crippen LogP contribution in [-0.2, 0) is 0 Å². The van der Waals surface area contributed by atoms with Crippen molar-refractivity contribution in [1.29, 1.82) is 0 Å². The van der Waals surface area contributed by atoms with Crippen LogP contribution in [0.2, 0.25) is 4.34 Å². The van der Waals surface area contributed by atoms with Crippen molar-refractivity contribution in [1.82, 2.24) is 10.2 Å². The molecule has 0 bridgehead atoms. The van der Waals surface area contributed by atoms with E-state index >= 15 is 0 Å². The Hall–Kier alpha value is -1.46. The van der Waals surface area contributed by atoms with Gasteiger partial charge in [0.2, 0.25) is 0 Å². The zero-order valence-corrected chi connectivity index (χ0v) is 9.84. The van der Waals surface area contributed by atoms with E-state index < -0.39 is 5.97 Å². The SMILES string of the molecule is Cc1nnc(-c2ccc(Cl)s2)cc1C(=O)O. The third-order valence-corrected chi connectivity index (χ3v) is 3.29. The Labute approximate surface area is 101 Å². The van der Waals surface area contributed by atoms with Crippen LogP contribution in [0.1, 0.15) is 16.1 Å². The molecule has 0 aromatic carbocycles. The summed E-state index contributed by atoms with van der Waals surface area (Å²) in [6.07, 6.45) is 0. The summed E-state index contributed by atoms with van der Waals surface area (Å²) in [6, 6.07) is 5.04. The van der Waals surface area contributed by atoms with Gasteiger partial charge in [0, 0.05) is 0 Å². The van der Waals surface area contributed by atoms with Gasteiger partial charge in [-0.05, 0) is 25.1 Å². The first-order chi connectivity index (χ1) is 7.58. The van der Waals surface area contributed by atoms with Crippen molar-refractivity contribution in [3.8, 4) is 10.6 Å². The first kappa shape index (κ1) is 11.0. The van der Waals surface area contributed by atoms with Crippen molar-refractivity contribution >= 4 is 28.9 Å². The number of aromatic carboxylic acids is 1. The Morgan fingerprint density at radius 2 is 2.19 bits per heavy atom. The molecule has 0 spiro atoms. The number of carboxylic acid groups (broad SMARTS) is 1. The molecular formula is C10H7ClN2O2S. The molecule has 4 nitrogen and oxygen atoms in total. The molecule has 0 aliphatic carbocycles. The number of hydrogen-bond donors (Lipinski definition) is 1.